The molecule has 2 aromatic rings. The summed E-state index contributed by atoms with van der Waals surface area (Å²) in [6.45, 7) is 8.83. The number of benzene rings is 2. The molecular weight excluding hydrogens is 274 g/mol. The van der Waals surface area contributed by atoms with Crippen LogP contribution in [0, 0.1) is 26.7 Å². The number of phenols is 1. The fraction of sp³-hybridized carbons (Fsp3) is 0.368. The molecule has 3 nitrogen and oxygen atoms in total. The number of nitrogens with two attached hydrogens (primary N) is 1. The molecule has 0 amide bonds. The lowest BCUT2D eigenvalue weighted by Gasteiger charge is -2.35. The van der Waals surface area contributed by atoms with E-state index in [2.05, 4.69) is 26.0 Å². The summed E-state index contributed by atoms with van der Waals surface area (Å²) in [5.74, 6) is 1.84. The summed E-state index contributed by atoms with van der Waals surface area (Å²) in [6.07, 6.45) is 0. The number of fused-ring (bicyclic) bond motifs is 1. The Kier molecular flexibility index (Phi) is 3.51. The fourth-order valence-corrected chi connectivity index (χ4v) is 3.50. The van der Waals surface area contributed by atoms with E-state index < -0.39 is 0 Å². The summed E-state index contributed by atoms with van der Waals surface area (Å²) >= 11 is 0. The Morgan fingerprint density at radius 3 is 2.32 bits per heavy atom. The van der Waals surface area contributed by atoms with Crippen LogP contribution in [0.1, 0.15) is 40.7 Å². The van der Waals surface area contributed by atoms with Crippen LogP contribution < -0.4 is 10.5 Å². The summed E-state index contributed by atoms with van der Waals surface area (Å²) in [4.78, 5) is 0. The Balaban J connectivity index is 2.25. The minimum Gasteiger partial charge on any atom is -0.507 e. The van der Waals surface area contributed by atoms with Crippen molar-refractivity contribution in [3.63, 3.8) is 0 Å². The number of phenolic OH excluding ortho intramolecular Hbond substituents is 1. The molecule has 2 unspecified atom stereocenters. The molecule has 0 bridgehead atoms. The predicted molar refractivity (Wildman–Crippen MR) is 89.7 cm³/mol. The van der Waals surface area contributed by atoms with Gasteiger partial charge in [0.1, 0.15) is 11.5 Å². The van der Waals surface area contributed by atoms with Crippen LogP contribution in [-0.2, 0) is 0 Å². The van der Waals surface area contributed by atoms with Crippen molar-refractivity contribution in [2.75, 3.05) is 12.3 Å². The van der Waals surface area contributed by atoms with Gasteiger partial charge in [0.05, 0.1) is 6.61 Å². The molecule has 3 heteroatoms. The molecule has 0 aliphatic carbocycles. The highest BCUT2D eigenvalue weighted by atomic mass is 16.5. The van der Waals surface area contributed by atoms with E-state index in [0.29, 0.717) is 18.3 Å². The lowest BCUT2D eigenvalue weighted by atomic mass is 9.76. The first-order valence-corrected chi connectivity index (χ1v) is 7.72. The standard InChI is InChI=1S/C19H23NO2/c1-10-9-22-19-13(4)18(21)12(3)11(2)17(19)16(10)14-5-7-15(20)8-6-14/h5-8,10,16,21H,9,20H2,1-4H3. The predicted octanol–water partition coefficient (Wildman–Crippen LogP) is 4.06. The maximum absolute atomic E-state index is 10.3. The van der Waals surface area contributed by atoms with E-state index in [1.807, 2.05) is 26.0 Å². The van der Waals surface area contributed by atoms with E-state index in [4.69, 9.17) is 10.5 Å². The fourth-order valence-electron chi connectivity index (χ4n) is 3.50. The summed E-state index contributed by atoms with van der Waals surface area (Å²) in [5.41, 5.74) is 12.0. The summed E-state index contributed by atoms with van der Waals surface area (Å²) in [7, 11) is 0. The Morgan fingerprint density at radius 1 is 1.05 bits per heavy atom. The van der Waals surface area contributed by atoms with Gasteiger partial charge in [-0.25, -0.2) is 0 Å². The number of aromatic hydroxyl groups is 1. The van der Waals surface area contributed by atoms with Crippen LogP contribution in [0.25, 0.3) is 0 Å². The van der Waals surface area contributed by atoms with Gasteiger partial charge < -0.3 is 15.6 Å². The number of hydrogen-bond donors (Lipinski definition) is 2. The molecule has 3 N–H and O–H groups in total. The average molecular weight is 297 g/mol. The minimum absolute atomic E-state index is 0.266. The second-order valence-electron chi connectivity index (χ2n) is 6.40. The average Bonchev–Trinajstić information content (AvgIpc) is 2.51. The van der Waals surface area contributed by atoms with Gasteiger partial charge in [0.15, 0.2) is 0 Å². The summed E-state index contributed by atoms with van der Waals surface area (Å²) in [6, 6.07) is 8.10. The van der Waals surface area contributed by atoms with Crippen molar-refractivity contribution in [2.45, 2.75) is 33.6 Å². The molecule has 0 saturated heterocycles. The minimum atomic E-state index is 0.266. The molecule has 22 heavy (non-hydrogen) atoms. The highest BCUT2D eigenvalue weighted by Crippen LogP contribution is 2.48. The van der Waals surface area contributed by atoms with Gasteiger partial charge in [-0.15, -0.1) is 0 Å². The van der Waals surface area contributed by atoms with E-state index >= 15 is 0 Å². The van der Waals surface area contributed by atoms with Crippen LogP contribution in [-0.4, -0.2) is 11.7 Å². The second kappa shape index (κ2) is 5.24. The SMILES string of the molecule is Cc1c(C)c2c(c(C)c1O)OCC(C)C2c1ccc(N)cc1. The van der Waals surface area contributed by atoms with Gasteiger partial charge in [0, 0.05) is 28.7 Å². The molecule has 0 spiro atoms. The molecule has 1 aliphatic rings. The van der Waals surface area contributed by atoms with Gasteiger partial charge in [-0.2, -0.15) is 0 Å². The zero-order valence-electron chi connectivity index (χ0n) is 13.6. The van der Waals surface area contributed by atoms with Crippen LogP contribution in [0.15, 0.2) is 24.3 Å². The maximum atomic E-state index is 10.3. The zero-order valence-corrected chi connectivity index (χ0v) is 13.6. The molecule has 1 aliphatic heterocycles. The normalized spacial score (nSPS) is 20.4. The molecule has 1 heterocycles. The Morgan fingerprint density at radius 2 is 1.68 bits per heavy atom. The number of hydrogen-bond acceptors (Lipinski definition) is 3. The highest BCUT2D eigenvalue weighted by Gasteiger charge is 2.33. The number of anilines is 1. The smallest absolute Gasteiger partial charge is 0.130 e. The van der Waals surface area contributed by atoms with Crippen molar-refractivity contribution in [3.8, 4) is 11.5 Å². The van der Waals surface area contributed by atoms with Crippen LogP contribution in [0.4, 0.5) is 5.69 Å². The molecule has 0 fully saturated rings. The lowest BCUT2D eigenvalue weighted by molar-refractivity contribution is 0.214. The lowest BCUT2D eigenvalue weighted by Crippen LogP contribution is -2.26. The van der Waals surface area contributed by atoms with Crippen molar-refractivity contribution < 1.29 is 9.84 Å². The number of nitrogen functional groups attached to an aromatic ring is 1. The summed E-state index contributed by atoms with van der Waals surface area (Å²) in [5, 5.41) is 10.3. The van der Waals surface area contributed by atoms with Crippen LogP contribution >= 0.6 is 0 Å². The molecule has 3 rings (SSSR count). The van der Waals surface area contributed by atoms with Crippen LogP contribution in [0.3, 0.4) is 0 Å². The van der Waals surface area contributed by atoms with Gasteiger partial charge in [-0.3, -0.25) is 0 Å². The van der Waals surface area contributed by atoms with E-state index in [9.17, 15) is 5.11 Å². The van der Waals surface area contributed by atoms with E-state index in [-0.39, 0.29) is 5.92 Å². The Bertz CT molecular complexity index is 719. The first kappa shape index (κ1) is 14.8. The number of ether oxygens (including phenoxy) is 1. The first-order chi connectivity index (χ1) is 10.4. The van der Waals surface area contributed by atoms with Crippen molar-refractivity contribution in [2.24, 2.45) is 5.92 Å². The third-order valence-electron chi connectivity index (χ3n) is 4.93. The first-order valence-electron chi connectivity index (χ1n) is 7.72. The molecule has 0 saturated carbocycles. The third-order valence-corrected chi connectivity index (χ3v) is 4.93. The van der Waals surface area contributed by atoms with Gasteiger partial charge in [-0.1, -0.05) is 19.1 Å². The van der Waals surface area contributed by atoms with E-state index in [1.165, 1.54) is 11.1 Å². The Hall–Kier alpha value is -2.16. The molecular formula is C19H23NO2. The second-order valence-corrected chi connectivity index (χ2v) is 6.40. The van der Waals surface area contributed by atoms with Gasteiger partial charge in [0.2, 0.25) is 0 Å². The van der Waals surface area contributed by atoms with Crippen LogP contribution in [0.2, 0.25) is 0 Å². The zero-order chi connectivity index (χ0) is 16.0. The molecule has 2 atom stereocenters. The highest BCUT2D eigenvalue weighted by molar-refractivity contribution is 5.61. The van der Waals surface area contributed by atoms with E-state index in [1.54, 1.807) is 0 Å². The van der Waals surface area contributed by atoms with Gasteiger partial charge in [-0.05, 0) is 49.6 Å². The Labute approximate surface area is 131 Å². The van der Waals surface area contributed by atoms with Crippen molar-refractivity contribution >= 4 is 5.69 Å². The maximum Gasteiger partial charge on any atom is 0.130 e. The molecule has 2 aromatic carbocycles. The van der Waals surface area contributed by atoms with Crippen molar-refractivity contribution in [1.82, 2.24) is 0 Å². The van der Waals surface area contributed by atoms with Crippen LogP contribution in [0.5, 0.6) is 11.5 Å². The van der Waals surface area contributed by atoms with Gasteiger partial charge in [0.25, 0.3) is 0 Å². The molecule has 0 radical (unpaired) electrons. The molecule has 0 aromatic heterocycles. The largest absolute Gasteiger partial charge is 0.507 e. The monoisotopic (exact) mass is 297 g/mol. The van der Waals surface area contributed by atoms with Gasteiger partial charge >= 0.3 is 0 Å². The number of rotatable bonds is 1. The van der Waals surface area contributed by atoms with Crippen molar-refractivity contribution in [1.29, 1.82) is 0 Å². The quantitative estimate of drug-likeness (QED) is 0.780. The topological polar surface area (TPSA) is 55.5 Å². The molecule has 116 valence electrons. The van der Waals surface area contributed by atoms with E-state index in [0.717, 1.165) is 28.1 Å². The van der Waals surface area contributed by atoms with Crippen molar-refractivity contribution in [3.05, 3.63) is 52.1 Å². The third kappa shape index (κ3) is 2.12. The summed E-state index contributed by atoms with van der Waals surface area (Å²) < 4.78 is 5.97.